The van der Waals surface area contributed by atoms with E-state index in [1.807, 2.05) is 0 Å². The Morgan fingerprint density at radius 2 is 2.15 bits per heavy atom. The molecule has 2 aromatic rings. The summed E-state index contributed by atoms with van der Waals surface area (Å²) in [5.74, 6) is 0. The minimum Gasteiger partial charge on any atom is -0.358 e. The van der Waals surface area contributed by atoms with Crippen molar-refractivity contribution in [2.24, 2.45) is 0 Å². The maximum absolute atomic E-state index is 3.52. The lowest BCUT2D eigenvalue weighted by Crippen LogP contribution is -1.79. The molecule has 0 spiro atoms. The minimum absolute atomic E-state index is 1.24. The van der Waals surface area contributed by atoms with Crippen LogP contribution in [0.3, 0.4) is 0 Å². The average Bonchev–Trinajstić information content (AvgIpc) is 2.62. The van der Waals surface area contributed by atoms with Crippen molar-refractivity contribution in [3.63, 3.8) is 0 Å². The van der Waals surface area contributed by atoms with E-state index >= 15 is 0 Å². The Balaban J connectivity index is 2.46. The first-order valence-electron chi connectivity index (χ1n) is 4.95. The SMILES string of the molecule is Cc1cccc2[nH]c3c(c12)CCC3. The zero-order valence-electron chi connectivity index (χ0n) is 7.85. The van der Waals surface area contributed by atoms with Gasteiger partial charge in [0.2, 0.25) is 0 Å². The predicted molar refractivity (Wildman–Crippen MR) is 55.1 cm³/mol. The lowest BCUT2D eigenvalue weighted by Gasteiger charge is -1.97. The van der Waals surface area contributed by atoms with Gasteiger partial charge in [0, 0.05) is 16.6 Å². The smallest absolute Gasteiger partial charge is 0.0461 e. The number of aryl methyl sites for hydroxylation is 3. The molecule has 1 heteroatoms. The second-order valence-corrected chi connectivity index (χ2v) is 3.93. The van der Waals surface area contributed by atoms with Gasteiger partial charge in [-0.2, -0.15) is 0 Å². The summed E-state index contributed by atoms with van der Waals surface area (Å²) in [7, 11) is 0. The third kappa shape index (κ3) is 0.873. The standard InChI is InChI=1S/C12H13N/c1-8-4-2-7-11-12(8)9-5-3-6-10(9)13-11/h2,4,7,13H,3,5-6H2,1H3. The highest BCUT2D eigenvalue weighted by Gasteiger charge is 2.17. The van der Waals surface area contributed by atoms with E-state index in [1.165, 1.54) is 41.4 Å². The largest absolute Gasteiger partial charge is 0.358 e. The molecule has 1 aliphatic carbocycles. The number of hydrogen-bond acceptors (Lipinski definition) is 0. The van der Waals surface area contributed by atoms with E-state index in [4.69, 9.17) is 0 Å². The van der Waals surface area contributed by atoms with Crippen molar-refractivity contribution in [1.29, 1.82) is 0 Å². The zero-order chi connectivity index (χ0) is 8.84. The summed E-state index contributed by atoms with van der Waals surface area (Å²) in [6.07, 6.45) is 3.83. The molecular formula is C12H13N. The van der Waals surface area contributed by atoms with Gasteiger partial charge < -0.3 is 4.98 Å². The molecule has 13 heavy (non-hydrogen) atoms. The van der Waals surface area contributed by atoms with Gasteiger partial charge in [0.15, 0.2) is 0 Å². The van der Waals surface area contributed by atoms with Crippen LogP contribution in [0.1, 0.15) is 23.2 Å². The molecule has 1 aliphatic rings. The number of rotatable bonds is 0. The van der Waals surface area contributed by atoms with Crippen LogP contribution in [0.5, 0.6) is 0 Å². The van der Waals surface area contributed by atoms with Gasteiger partial charge in [-0.05, 0) is 43.4 Å². The normalized spacial score (nSPS) is 15.2. The highest BCUT2D eigenvalue weighted by atomic mass is 14.7. The fourth-order valence-electron chi connectivity index (χ4n) is 2.49. The summed E-state index contributed by atoms with van der Waals surface area (Å²) in [5.41, 5.74) is 5.79. The second-order valence-electron chi connectivity index (χ2n) is 3.93. The molecule has 1 heterocycles. The predicted octanol–water partition coefficient (Wildman–Crippen LogP) is 2.97. The molecule has 1 aromatic carbocycles. The lowest BCUT2D eigenvalue weighted by atomic mass is 10.1. The van der Waals surface area contributed by atoms with Gasteiger partial charge in [0.25, 0.3) is 0 Å². The van der Waals surface area contributed by atoms with E-state index in [9.17, 15) is 0 Å². The van der Waals surface area contributed by atoms with Crippen molar-refractivity contribution in [3.8, 4) is 0 Å². The van der Waals surface area contributed by atoms with Crippen LogP contribution in [0.25, 0.3) is 10.9 Å². The molecule has 66 valence electrons. The Labute approximate surface area is 77.8 Å². The van der Waals surface area contributed by atoms with E-state index in [-0.39, 0.29) is 0 Å². The summed E-state index contributed by atoms with van der Waals surface area (Å²) >= 11 is 0. The van der Waals surface area contributed by atoms with Crippen LogP contribution < -0.4 is 0 Å². The van der Waals surface area contributed by atoms with Crippen LogP contribution in [-0.2, 0) is 12.8 Å². The highest BCUT2D eigenvalue weighted by molar-refractivity contribution is 5.88. The molecule has 1 aromatic heterocycles. The monoisotopic (exact) mass is 171 g/mol. The van der Waals surface area contributed by atoms with Crippen molar-refractivity contribution >= 4 is 10.9 Å². The van der Waals surface area contributed by atoms with Crippen LogP contribution in [0, 0.1) is 6.92 Å². The molecule has 0 saturated carbocycles. The summed E-state index contributed by atoms with van der Waals surface area (Å²) in [4.78, 5) is 3.52. The van der Waals surface area contributed by atoms with Crippen LogP contribution in [0.2, 0.25) is 0 Å². The molecule has 0 amide bonds. The van der Waals surface area contributed by atoms with Gasteiger partial charge in [-0.25, -0.2) is 0 Å². The van der Waals surface area contributed by atoms with Crippen molar-refractivity contribution in [2.75, 3.05) is 0 Å². The zero-order valence-corrected chi connectivity index (χ0v) is 7.85. The summed E-state index contributed by atoms with van der Waals surface area (Å²) < 4.78 is 0. The summed E-state index contributed by atoms with van der Waals surface area (Å²) in [5, 5.41) is 1.48. The fourth-order valence-corrected chi connectivity index (χ4v) is 2.49. The number of H-pyrrole nitrogens is 1. The van der Waals surface area contributed by atoms with E-state index in [1.54, 1.807) is 5.56 Å². The molecule has 0 aliphatic heterocycles. The van der Waals surface area contributed by atoms with E-state index in [0.717, 1.165) is 0 Å². The van der Waals surface area contributed by atoms with Crippen LogP contribution in [-0.4, -0.2) is 4.98 Å². The average molecular weight is 171 g/mol. The highest BCUT2D eigenvalue weighted by Crippen LogP contribution is 2.31. The summed E-state index contributed by atoms with van der Waals surface area (Å²) in [6, 6.07) is 6.51. The van der Waals surface area contributed by atoms with Crippen LogP contribution in [0.15, 0.2) is 18.2 Å². The van der Waals surface area contributed by atoms with E-state index in [0.29, 0.717) is 0 Å². The van der Waals surface area contributed by atoms with E-state index in [2.05, 4.69) is 30.1 Å². The van der Waals surface area contributed by atoms with Gasteiger partial charge in [-0.1, -0.05) is 12.1 Å². The molecule has 1 N–H and O–H groups in total. The number of aromatic nitrogens is 1. The van der Waals surface area contributed by atoms with Crippen molar-refractivity contribution in [3.05, 3.63) is 35.0 Å². The van der Waals surface area contributed by atoms with Gasteiger partial charge in [-0.3, -0.25) is 0 Å². The number of benzene rings is 1. The maximum Gasteiger partial charge on any atom is 0.0461 e. The Bertz CT molecular complexity index is 465. The minimum atomic E-state index is 1.24. The number of nitrogens with one attached hydrogen (secondary N) is 1. The molecule has 0 unspecified atom stereocenters. The Morgan fingerprint density at radius 1 is 1.23 bits per heavy atom. The van der Waals surface area contributed by atoms with Crippen LogP contribution in [0.4, 0.5) is 0 Å². The van der Waals surface area contributed by atoms with E-state index < -0.39 is 0 Å². The van der Waals surface area contributed by atoms with Crippen molar-refractivity contribution < 1.29 is 0 Å². The third-order valence-electron chi connectivity index (χ3n) is 3.08. The maximum atomic E-state index is 3.52. The van der Waals surface area contributed by atoms with Crippen molar-refractivity contribution in [2.45, 2.75) is 26.2 Å². The van der Waals surface area contributed by atoms with Gasteiger partial charge >= 0.3 is 0 Å². The lowest BCUT2D eigenvalue weighted by molar-refractivity contribution is 0.898. The first-order chi connectivity index (χ1) is 6.36. The van der Waals surface area contributed by atoms with Gasteiger partial charge in [0.1, 0.15) is 0 Å². The van der Waals surface area contributed by atoms with Gasteiger partial charge in [0.05, 0.1) is 0 Å². The van der Waals surface area contributed by atoms with Crippen molar-refractivity contribution in [1.82, 2.24) is 4.98 Å². The molecule has 0 radical (unpaired) electrons. The topological polar surface area (TPSA) is 15.8 Å². The Hall–Kier alpha value is -1.24. The Morgan fingerprint density at radius 3 is 3.08 bits per heavy atom. The van der Waals surface area contributed by atoms with Crippen LogP contribution >= 0.6 is 0 Å². The molecule has 0 fully saturated rings. The molecule has 0 bridgehead atoms. The second kappa shape index (κ2) is 2.38. The van der Waals surface area contributed by atoms with Gasteiger partial charge in [-0.15, -0.1) is 0 Å². The Kier molecular flexibility index (Phi) is 1.32. The molecule has 1 nitrogen and oxygen atoms in total. The number of fused-ring (bicyclic) bond motifs is 3. The molecule has 3 rings (SSSR count). The quantitative estimate of drug-likeness (QED) is 0.627. The molecular weight excluding hydrogens is 158 g/mol. The first-order valence-corrected chi connectivity index (χ1v) is 4.95. The number of hydrogen-bond donors (Lipinski definition) is 1. The number of aromatic amines is 1. The summed E-state index contributed by atoms with van der Waals surface area (Å²) in [6.45, 7) is 2.20. The molecule has 0 saturated heterocycles. The molecule has 0 atom stereocenters. The first kappa shape index (κ1) is 7.19. The third-order valence-corrected chi connectivity index (χ3v) is 3.08. The fraction of sp³-hybridized carbons (Fsp3) is 0.333.